The van der Waals surface area contributed by atoms with Crippen molar-refractivity contribution >= 4 is 0 Å². The van der Waals surface area contributed by atoms with Gasteiger partial charge in [0.15, 0.2) is 0 Å². The minimum Gasteiger partial charge on any atom is -0.372 e. The van der Waals surface area contributed by atoms with Crippen molar-refractivity contribution in [2.75, 3.05) is 32.8 Å². The fourth-order valence-electron chi connectivity index (χ4n) is 4.33. The highest BCUT2D eigenvalue weighted by molar-refractivity contribution is 5.02. The van der Waals surface area contributed by atoms with Gasteiger partial charge in [-0.2, -0.15) is 0 Å². The van der Waals surface area contributed by atoms with Crippen LogP contribution in [0.4, 0.5) is 0 Å². The Bertz CT molecular complexity index is 268. The minimum absolute atomic E-state index is 0.166. The summed E-state index contributed by atoms with van der Waals surface area (Å²) in [6.45, 7) is 7.88. The first-order valence-corrected chi connectivity index (χ1v) is 7.94. The van der Waals surface area contributed by atoms with Crippen LogP contribution in [0.3, 0.4) is 0 Å². The summed E-state index contributed by atoms with van der Waals surface area (Å²) in [5, 5.41) is 3.81. The van der Waals surface area contributed by atoms with E-state index in [-0.39, 0.29) is 5.60 Å². The molecule has 1 N–H and O–H groups in total. The maximum absolute atomic E-state index is 6.34. The SMILES string of the molecule is CCN1CCC2(CC1)OCCNC2C1CCCC1. The summed E-state index contributed by atoms with van der Waals surface area (Å²) in [6.07, 6.45) is 8.16. The number of hydrogen-bond acceptors (Lipinski definition) is 3. The third kappa shape index (κ3) is 2.33. The summed E-state index contributed by atoms with van der Waals surface area (Å²) in [4.78, 5) is 2.56. The van der Waals surface area contributed by atoms with E-state index < -0.39 is 0 Å². The van der Waals surface area contributed by atoms with Gasteiger partial charge in [-0.3, -0.25) is 0 Å². The van der Waals surface area contributed by atoms with Crippen LogP contribution >= 0.6 is 0 Å². The molecule has 2 saturated heterocycles. The molecule has 3 rings (SSSR count). The summed E-state index contributed by atoms with van der Waals surface area (Å²) >= 11 is 0. The van der Waals surface area contributed by atoms with Crippen LogP contribution in [0.1, 0.15) is 45.4 Å². The van der Waals surface area contributed by atoms with Gasteiger partial charge in [-0.05, 0) is 38.1 Å². The molecule has 2 heterocycles. The molecule has 1 unspecified atom stereocenters. The number of ether oxygens (including phenoxy) is 1. The van der Waals surface area contributed by atoms with E-state index in [1.54, 1.807) is 0 Å². The Hall–Kier alpha value is -0.120. The van der Waals surface area contributed by atoms with Gasteiger partial charge in [-0.1, -0.05) is 19.8 Å². The quantitative estimate of drug-likeness (QED) is 0.814. The van der Waals surface area contributed by atoms with E-state index in [1.165, 1.54) is 58.2 Å². The normalized spacial score (nSPS) is 34.2. The van der Waals surface area contributed by atoms with Crippen molar-refractivity contribution in [3.05, 3.63) is 0 Å². The van der Waals surface area contributed by atoms with E-state index >= 15 is 0 Å². The summed E-state index contributed by atoms with van der Waals surface area (Å²) < 4.78 is 6.34. The number of nitrogens with one attached hydrogen (secondary N) is 1. The van der Waals surface area contributed by atoms with Crippen LogP contribution in [0.15, 0.2) is 0 Å². The van der Waals surface area contributed by atoms with Crippen LogP contribution in [0.2, 0.25) is 0 Å². The van der Waals surface area contributed by atoms with Crippen LogP contribution in [0.25, 0.3) is 0 Å². The largest absolute Gasteiger partial charge is 0.372 e. The molecule has 0 radical (unpaired) electrons. The molecule has 2 aliphatic heterocycles. The number of hydrogen-bond donors (Lipinski definition) is 1. The van der Waals surface area contributed by atoms with E-state index in [4.69, 9.17) is 4.74 Å². The molecular weight excluding hydrogens is 224 g/mol. The van der Waals surface area contributed by atoms with E-state index in [9.17, 15) is 0 Å². The second kappa shape index (κ2) is 5.48. The topological polar surface area (TPSA) is 24.5 Å². The van der Waals surface area contributed by atoms with Crippen LogP contribution in [0.5, 0.6) is 0 Å². The van der Waals surface area contributed by atoms with Crippen molar-refractivity contribution in [2.45, 2.75) is 57.1 Å². The molecule has 0 amide bonds. The second-order valence-corrected chi connectivity index (χ2v) is 6.32. The van der Waals surface area contributed by atoms with E-state index in [1.807, 2.05) is 0 Å². The zero-order chi connectivity index (χ0) is 12.4. The van der Waals surface area contributed by atoms with E-state index in [0.717, 1.165) is 19.1 Å². The predicted octanol–water partition coefficient (Wildman–Crippen LogP) is 2.02. The first kappa shape index (κ1) is 12.9. The van der Waals surface area contributed by atoms with Gasteiger partial charge < -0.3 is 15.0 Å². The first-order valence-electron chi connectivity index (χ1n) is 7.94. The predicted molar refractivity (Wildman–Crippen MR) is 73.8 cm³/mol. The van der Waals surface area contributed by atoms with Gasteiger partial charge in [-0.15, -0.1) is 0 Å². The van der Waals surface area contributed by atoms with Crippen LogP contribution in [-0.2, 0) is 4.74 Å². The maximum Gasteiger partial charge on any atom is 0.0862 e. The van der Waals surface area contributed by atoms with Crippen molar-refractivity contribution in [3.63, 3.8) is 0 Å². The monoisotopic (exact) mass is 252 g/mol. The average molecular weight is 252 g/mol. The Morgan fingerprint density at radius 3 is 2.61 bits per heavy atom. The highest BCUT2D eigenvalue weighted by Gasteiger charge is 2.47. The van der Waals surface area contributed by atoms with Gasteiger partial charge in [-0.25, -0.2) is 0 Å². The number of nitrogens with zero attached hydrogens (tertiary/aromatic N) is 1. The zero-order valence-electron chi connectivity index (χ0n) is 11.8. The fraction of sp³-hybridized carbons (Fsp3) is 1.00. The van der Waals surface area contributed by atoms with Gasteiger partial charge in [0.1, 0.15) is 0 Å². The van der Waals surface area contributed by atoms with Crippen molar-refractivity contribution in [1.29, 1.82) is 0 Å². The molecule has 104 valence electrons. The number of piperidine rings is 1. The lowest BCUT2D eigenvalue weighted by Gasteiger charge is -2.51. The molecule has 3 nitrogen and oxygen atoms in total. The molecule has 1 spiro atoms. The van der Waals surface area contributed by atoms with Crippen molar-refractivity contribution in [1.82, 2.24) is 10.2 Å². The average Bonchev–Trinajstić information content (AvgIpc) is 2.94. The van der Waals surface area contributed by atoms with Gasteiger partial charge in [0.25, 0.3) is 0 Å². The lowest BCUT2D eigenvalue weighted by Crippen LogP contribution is -2.64. The van der Waals surface area contributed by atoms with Gasteiger partial charge >= 0.3 is 0 Å². The zero-order valence-corrected chi connectivity index (χ0v) is 11.8. The third-order valence-corrected chi connectivity index (χ3v) is 5.44. The Labute approximate surface area is 111 Å². The summed E-state index contributed by atoms with van der Waals surface area (Å²) in [7, 11) is 0. The van der Waals surface area contributed by atoms with Crippen molar-refractivity contribution < 1.29 is 4.74 Å². The summed E-state index contributed by atoms with van der Waals surface area (Å²) in [5.41, 5.74) is 0.166. The summed E-state index contributed by atoms with van der Waals surface area (Å²) in [6, 6.07) is 0.632. The Balaban J connectivity index is 1.70. The number of morpholine rings is 1. The van der Waals surface area contributed by atoms with Crippen LogP contribution in [0, 0.1) is 5.92 Å². The molecular formula is C15H28N2O. The molecule has 18 heavy (non-hydrogen) atoms. The van der Waals surface area contributed by atoms with E-state index in [0.29, 0.717) is 6.04 Å². The number of rotatable bonds is 2. The van der Waals surface area contributed by atoms with Crippen LogP contribution < -0.4 is 5.32 Å². The molecule has 1 atom stereocenters. The Morgan fingerprint density at radius 2 is 1.94 bits per heavy atom. The molecule has 0 aromatic rings. The fourth-order valence-corrected chi connectivity index (χ4v) is 4.33. The van der Waals surface area contributed by atoms with Gasteiger partial charge in [0.2, 0.25) is 0 Å². The van der Waals surface area contributed by atoms with Crippen molar-refractivity contribution in [2.24, 2.45) is 5.92 Å². The molecule has 0 aromatic heterocycles. The molecule has 3 heteroatoms. The Kier molecular flexibility index (Phi) is 3.92. The highest BCUT2D eigenvalue weighted by Crippen LogP contribution is 2.40. The highest BCUT2D eigenvalue weighted by atomic mass is 16.5. The standard InChI is InChI=1S/C15H28N2O/c1-2-17-10-7-15(8-11-17)14(16-9-12-18-15)13-5-3-4-6-13/h13-14,16H,2-12H2,1H3. The Morgan fingerprint density at radius 1 is 1.22 bits per heavy atom. The second-order valence-electron chi connectivity index (χ2n) is 6.32. The molecule has 3 aliphatic rings. The van der Waals surface area contributed by atoms with Gasteiger partial charge in [0.05, 0.1) is 12.2 Å². The lowest BCUT2D eigenvalue weighted by molar-refractivity contribution is -0.138. The molecule has 0 aromatic carbocycles. The molecule has 0 bridgehead atoms. The van der Waals surface area contributed by atoms with Gasteiger partial charge in [0, 0.05) is 25.7 Å². The van der Waals surface area contributed by atoms with E-state index in [2.05, 4.69) is 17.1 Å². The smallest absolute Gasteiger partial charge is 0.0862 e. The molecule has 3 fully saturated rings. The lowest BCUT2D eigenvalue weighted by atomic mass is 9.76. The number of likely N-dealkylation sites (tertiary alicyclic amines) is 1. The molecule has 1 aliphatic carbocycles. The maximum atomic E-state index is 6.34. The minimum atomic E-state index is 0.166. The third-order valence-electron chi connectivity index (χ3n) is 5.44. The van der Waals surface area contributed by atoms with Crippen molar-refractivity contribution in [3.8, 4) is 0 Å². The summed E-state index contributed by atoms with van der Waals surface area (Å²) in [5.74, 6) is 0.874. The van der Waals surface area contributed by atoms with Crippen LogP contribution in [-0.4, -0.2) is 49.3 Å². The molecule has 1 saturated carbocycles. The first-order chi connectivity index (χ1) is 8.84.